The molecule has 0 unspecified atom stereocenters. The molecule has 6 nitrogen and oxygen atoms in total. The summed E-state index contributed by atoms with van der Waals surface area (Å²) in [6.45, 7) is 1.29. The number of carbonyl (C=O) groups excluding carboxylic acids is 1. The maximum Gasteiger partial charge on any atom is 0.243 e. The molecule has 3 rings (SSSR count). The molecule has 140 valence electrons. The second kappa shape index (κ2) is 7.80. The smallest absolute Gasteiger partial charge is 0.243 e. The summed E-state index contributed by atoms with van der Waals surface area (Å²) in [5.41, 5.74) is 5.47. The third-order valence-corrected chi connectivity index (χ3v) is 7.01. The Kier molecular flexibility index (Phi) is 6.38. The Morgan fingerprint density at radius 2 is 1.72 bits per heavy atom. The van der Waals surface area contributed by atoms with Gasteiger partial charge in [-0.15, -0.1) is 12.4 Å². The molecule has 0 spiro atoms. The fraction of sp³-hybridized carbons (Fsp3) is 0.562. The van der Waals surface area contributed by atoms with Gasteiger partial charge < -0.3 is 10.6 Å². The summed E-state index contributed by atoms with van der Waals surface area (Å²) >= 11 is 5.89. The molecule has 0 atom stereocenters. The lowest BCUT2D eigenvalue weighted by atomic mass is 9.97. The van der Waals surface area contributed by atoms with Crippen LogP contribution in [0, 0.1) is 0 Å². The number of carbonyl (C=O) groups is 1. The van der Waals surface area contributed by atoms with E-state index in [0.717, 1.165) is 12.8 Å². The zero-order valence-corrected chi connectivity index (χ0v) is 16.2. The van der Waals surface area contributed by atoms with Crippen molar-refractivity contribution in [2.75, 3.05) is 26.2 Å². The van der Waals surface area contributed by atoms with Gasteiger partial charge in [-0.1, -0.05) is 30.5 Å². The fourth-order valence-corrected chi connectivity index (χ4v) is 5.17. The van der Waals surface area contributed by atoms with Crippen LogP contribution in [-0.2, 0) is 14.8 Å². The summed E-state index contributed by atoms with van der Waals surface area (Å²) in [5, 5.41) is 0.385. The molecule has 0 aromatic heterocycles. The number of nitrogens with zero attached hydrogens (tertiary/aromatic N) is 2. The zero-order valence-electron chi connectivity index (χ0n) is 13.9. The van der Waals surface area contributed by atoms with Gasteiger partial charge in [0.1, 0.15) is 0 Å². The summed E-state index contributed by atoms with van der Waals surface area (Å²) in [7, 11) is -3.59. The van der Waals surface area contributed by atoms with Crippen molar-refractivity contribution in [1.29, 1.82) is 0 Å². The van der Waals surface area contributed by atoms with Crippen molar-refractivity contribution in [1.82, 2.24) is 9.21 Å². The molecule has 1 saturated heterocycles. The molecule has 2 fully saturated rings. The first kappa shape index (κ1) is 20.5. The lowest BCUT2D eigenvalue weighted by Gasteiger charge is -2.37. The van der Waals surface area contributed by atoms with Gasteiger partial charge in [0.15, 0.2) is 0 Å². The number of piperazine rings is 1. The summed E-state index contributed by atoms with van der Waals surface area (Å²) in [6, 6.07) is 6.24. The topological polar surface area (TPSA) is 83.7 Å². The van der Waals surface area contributed by atoms with E-state index < -0.39 is 15.6 Å². The van der Waals surface area contributed by atoms with Crippen LogP contribution >= 0.6 is 24.0 Å². The van der Waals surface area contributed by atoms with Crippen molar-refractivity contribution in [3.8, 4) is 0 Å². The number of amides is 1. The largest absolute Gasteiger partial charge is 0.338 e. The lowest BCUT2D eigenvalue weighted by Crippen LogP contribution is -2.59. The Hall–Kier alpha value is -0.860. The number of hydrogen-bond acceptors (Lipinski definition) is 4. The van der Waals surface area contributed by atoms with Crippen LogP contribution in [0.3, 0.4) is 0 Å². The van der Waals surface area contributed by atoms with Crippen LogP contribution in [0.2, 0.25) is 5.02 Å². The first-order chi connectivity index (χ1) is 11.3. The Balaban J connectivity index is 0.00000225. The van der Waals surface area contributed by atoms with Crippen molar-refractivity contribution in [3.05, 3.63) is 29.3 Å². The van der Waals surface area contributed by atoms with E-state index in [1.807, 2.05) is 0 Å². The fourth-order valence-electron chi connectivity index (χ4n) is 3.44. The van der Waals surface area contributed by atoms with E-state index in [0.29, 0.717) is 31.0 Å². The van der Waals surface area contributed by atoms with E-state index in [2.05, 4.69) is 0 Å². The third-order valence-electron chi connectivity index (χ3n) is 4.88. The van der Waals surface area contributed by atoms with Crippen LogP contribution in [0.1, 0.15) is 25.7 Å². The molecule has 1 aromatic rings. The van der Waals surface area contributed by atoms with Crippen LogP contribution in [0.5, 0.6) is 0 Å². The molecular formula is C16H23Cl2N3O3S. The molecule has 9 heteroatoms. The average Bonchev–Trinajstić information content (AvgIpc) is 3.02. The average molecular weight is 408 g/mol. The summed E-state index contributed by atoms with van der Waals surface area (Å²) in [6.07, 6.45) is 3.39. The van der Waals surface area contributed by atoms with E-state index in [-0.39, 0.29) is 36.3 Å². The van der Waals surface area contributed by atoms with Gasteiger partial charge in [-0.3, -0.25) is 4.79 Å². The van der Waals surface area contributed by atoms with Gasteiger partial charge in [0.2, 0.25) is 15.9 Å². The maximum absolute atomic E-state index is 12.7. The summed E-state index contributed by atoms with van der Waals surface area (Å²) in [4.78, 5) is 14.5. The molecule has 2 N–H and O–H groups in total. The summed E-state index contributed by atoms with van der Waals surface area (Å²) in [5.74, 6) is -0.0418. The highest BCUT2D eigenvalue weighted by Gasteiger charge is 2.41. The Morgan fingerprint density at radius 1 is 1.12 bits per heavy atom. The zero-order chi connectivity index (χ0) is 17.4. The molecular weight excluding hydrogens is 385 g/mol. The van der Waals surface area contributed by atoms with Crippen molar-refractivity contribution in [2.24, 2.45) is 5.73 Å². The highest BCUT2D eigenvalue weighted by atomic mass is 35.5. The molecule has 1 saturated carbocycles. The van der Waals surface area contributed by atoms with E-state index >= 15 is 0 Å². The number of nitrogens with two attached hydrogens (primary N) is 1. The van der Waals surface area contributed by atoms with Gasteiger partial charge in [0, 0.05) is 31.2 Å². The van der Waals surface area contributed by atoms with Crippen LogP contribution in [0.4, 0.5) is 0 Å². The first-order valence-corrected chi connectivity index (χ1v) is 9.99. The van der Waals surface area contributed by atoms with Crippen LogP contribution < -0.4 is 5.73 Å². The van der Waals surface area contributed by atoms with E-state index in [9.17, 15) is 13.2 Å². The normalized spacial score (nSPS) is 21.0. The monoisotopic (exact) mass is 407 g/mol. The SMILES string of the molecule is Cl.NC1(C(=O)N2CCN(S(=O)(=O)c3cccc(Cl)c3)CC2)CCCC1. The second-order valence-electron chi connectivity index (χ2n) is 6.52. The number of benzene rings is 1. The quantitative estimate of drug-likeness (QED) is 0.828. The van der Waals surface area contributed by atoms with Crippen LogP contribution in [0.25, 0.3) is 0 Å². The van der Waals surface area contributed by atoms with Gasteiger partial charge in [0.25, 0.3) is 0 Å². The molecule has 1 aliphatic heterocycles. The van der Waals surface area contributed by atoms with Gasteiger partial charge in [0.05, 0.1) is 10.4 Å². The van der Waals surface area contributed by atoms with Crippen molar-refractivity contribution < 1.29 is 13.2 Å². The predicted octanol–water partition coefficient (Wildman–Crippen LogP) is 1.87. The minimum absolute atomic E-state index is 0. The van der Waals surface area contributed by atoms with E-state index in [1.54, 1.807) is 17.0 Å². The number of sulfonamides is 1. The Labute approximate surface area is 159 Å². The Morgan fingerprint density at radius 3 is 2.28 bits per heavy atom. The van der Waals surface area contributed by atoms with Gasteiger partial charge in [-0.25, -0.2) is 8.42 Å². The van der Waals surface area contributed by atoms with Crippen molar-refractivity contribution in [3.63, 3.8) is 0 Å². The highest BCUT2D eigenvalue weighted by Crippen LogP contribution is 2.29. The first-order valence-electron chi connectivity index (χ1n) is 8.17. The number of rotatable bonds is 3. The standard InChI is InChI=1S/C16H22ClN3O3S.ClH/c17-13-4-3-5-14(12-13)24(22,23)20-10-8-19(9-11-20)15(21)16(18)6-1-2-7-16;/h3-5,12H,1-2,6-11,18H2;1H. The van der Waals surface area contributed by atoms with Crippen molar-refractivity contribution >= 4 is 39.9 Å². The molecule has 1 aliphatic carbocycles. The van der Waals surface area contributed by atoms with E-state index in [1.165, 1.54) is 16.4 Å². The Bertz CT molecular complexity index is 728. The highest BCUT2D eigenvalue weighted by molar-refractivity contribution is 7.89. The van der Waals surface area contributed by atoms with E-state index in [4.69, 9.17) is 17.3 Å². The molecule has 25 heavy (non-hydrogen) atoms. The van der Waals surface area contributed by atoms with Gasteiger partial charge >= 0.3 is 0 Å². The number of halogens is 2. The van der Waals surface area contributed by atoms with Crippen molar-refractivity contribution in [2.45, 2.75) is 36.1 Å². The molecule has 0 bridgehead atoms. The van der Waals surface area contributed by atoms with Crippen LogP contribution in [-0.4, -0.2) is 55.2 Å². The molecule has 1 amide bonds. The minimum Gasteiger partial charge on any atom is -0.338 e. The maximum atomic E-state index is 12.7. The minimum atomic E-state index is -3.59. The lowest BCUT2D eigenvalue weighted by molar-refractivity contribution is -0.138. The molecule has 0 radical (unpaired) electrons. The molecule has 1 heterocycles. The van der Waals surface area contributed by atoms with Crippen LogP contribution in [0.15, 0.2) is 29.2 Å². The van der Waals surface area contributed by atoms with Gasteiger partial charge in [-0.05, 0) is 31.0 Å². The number of hydrogen-bond donors (Lipinski definition) is 1. The third kappa shape index (κ3) is 4.11. The summed E-state index contributed by atoms with van der Waals surface area (Å²) < 4.78 is 26.8. The predicted molar refractivity (Wildman–Crippen MR) is 99.4 cm³/mol. The second-order valence-corrected chi connectivity index (χ2v) is 8.89. The molecule has 1 aromatic carbocycles. The van der Waals surface area contributed by atoms with Gasteiger partial charge in [-0.2, -0.15) is 4.31 Å². The molecule has 2 aliphatic rings.